The second-order valence-electron chi connectivity index (χ2n) is 7.82. The van der Waals surface area contributed by atoms with Gasteiger partial charge in [-0.1, -0.05) is 18.5 Å². The topological polar surface area (TPSA) is 90.5 Å². The van der Waals surface area contributed by atoms with Gasteiger partial charge in [-0.15, -0.1) is 0 Å². The average Bonchev–Trinajstić information content (AvgIpc) is 3.13. The maximum atomic E-state index is 12.2. The summed E-state index contributed by atoms with van der Waals surface area (Å²) in [6, 6.07) is 9.10. The number of furan rings is 1. The van der Waals surface area contributed by atoms with Crippen molar-refractivity contribution >= 4 is 38.4 Å². The highest BCUT2D eigenvalue weighted by Crippen LogP contribution is 2.49. The number of benzene rings is 1. The third kappa shape index (κ3) is 3.81. The molecule has 7 nitrogen and oxygen atoms in total. The second kappa shape index (κ2) is 7.35. The molecule has 1 N–H and O–H groups in total. The summed E-state index contributed by atoms with van der Waals surface area (Å²) in [4.78, 5) is 12.2. The lowest BCUT2D eigenvalue weighted by Crippen LogP contribution is -2.31. The molecule has 2 aromatic heterocycles. The fourth-order valence-corrected chi connectivity index (χ4v) is 4.30. The van der Waals surface area contributed by atoms with Gasteiger partial charge in [0.15, 0.2) is 5.76 Å². The molecule has 1 aromatic carbocycles. The van der Waals surface area contributed by atoms with Crippen LogP contribution in [0.4, 0.5) is 0 Å². The Labute approximate surface area is 180 Å². The normalized spacial score (nSPS) is 15.3. The van der Waals surface area contributed by atoms with Crippen LogP contribution >= 0.6 is 11.6 Å². The third-order valence-corrected chi connectivity index (χ3v) is 7.17. The van der Waals surface area contributed by atoms with Gasteiger partial charge in [0.1, 0.15) is 11.5 Å². The summed E-state index contributed by atoms with van der Waals surface area (Å²) in [6.45, 7) is 4.07. The first kappa shape index (κ1) is 20.8. The maximum absolute atomic E-state index is 12.2. The minimum absolute atomic E-state index is 0.0441. The van der Waals surface area contributed by atoms with Crippen molar-refractivity contribution < 1.29 is 22.4 Å². The molecule has 1 aliphatic rings. The standard InChI is InChI=1S/C21H23ClN2O5S/c1-4-30(26,27)23-20(25)17-6-5-14(29-17)12-24-16-11-15(22)18(28-3)9-13(16)10-19(24)21(2)7-8-21/h5-6,9-11H,4,7-8,12H2,1-3H3,(H,23,25). The summed E-state index contributed by atoms with van der Waals surface area (Å²) >= 11 is 6.37. The van der Waals surface area contributed by atoms with Crippen molar-refractivity contribution in [3.05, 3.63) is 52.6 Å². The van der Waals surface area contributed by atoms with E-state index in [0.29, 0.717) is 23.1 Å². The number of ether oxygens (including phenoxy) is 1. The van der Waals surface area contributed by atoms with Gasteiger partial charge in [0.05, 0.1) is 29.9 Å². The molecule has 4 rings (SSSR count). The first-order chi connectivity index (χ1) is 14.2. The molecule has 0 saturated heterocycles. The summed E-state index contributed by atoms with van der Waals surface area (Å²) in [5.41, 5.74) is 2.19. The molecule has 0 spiro atoms. The second-order valence-corrected chi connectivity index (χ2v) is 10.2. The largest absolute Gasteiger partial charge is 0.495 e. The lowest BCUT2D eigenvalue weighted by molar-refractivity contribution is 0.0952. The van der Waals surface area contributed by atoms with E-state index in [9.17, 15) is 13.2 Å². The van der Waals surface area contributed by atoms with Crippen LogP contribution in [0.3, 0.4) is 0 Å². The van der Waals surface area contributed by atoms with E-state index in [1.807, 2.05) is 16.9 Å². The molecule has 0 bridgehead atoms. The molecule has 0 radical (unpaired) electrons. The highest BCUT2D eigenvalue weighted by atomic mass is 35.5. The highest BCUT2D eigenvalue weighted by molar-refractivity contribution is 7.90. The maximum Gasteiger partial charge on any atom is 0.300 e. The number of fused-ring (bicyclic) bond motifs is 1. The highest BCUT2D eigenvalue weighted by Gasteiger charge is 2.42. The number of carbonyl (C=O) groups excluding carboxylic acids is 1. The van der Waals surface area contributed by atoms with E-state index in [-0.39, 0.29) is 16.9 Å². The molecule has 2 heterocycles. The first-order valence-electron chi connectivity index (χ1n) is 9.66. The quantitative estimate of drug-likeness (QED) is 0.585. The lowest BCUT2D eigenvalue weighted by Gasteiger charge is -2.14. The Balaban J connectivity index is 1.70. The van der Waals surface area contributed by atoms with Crippen molar-refractivity contribution in [3.8, 4) is 5.75 Å². The Morgan fingerprint density at radius 3 is 2.67 bits per heavy atom. The van der Waals surface area contributed by atoms with Crippen LogP contribution < -0.4 is 9.46 Å². The number of halogens is 1. The molecule has 0 unspecified atom stereocenters. The van der Waals surface area contributed by atoms with Gasteiger partial charge in [-0.2, -0.15) is 0 Å². The van der Waals surface area contributed by atoms with Gasteiger partial charge in [0.2, 0.25) is 10.0 Å². The van der Waals surface area contributed by atoms with E-state index in [4.69, 9.17) is 20.8 Å². The van der Waals surface area contributed by atoms with Crippen LogP contribution in [0.25, 0.3) is 10.9 Å². The Kier molecular flexibility index (Phi) is 5.10. The molecule has 0 atom stereocenters. The van der Waals surface area contributed by atoms with Crippen LogP contribution in [0, 0.1) is 0 Å². The molecule has 0 aliphatic heterocycles. The van der Waals surface area contributed by atoms with Gasteiger partial charge in [-0.25, -0.2) is 13.1 Å². The van der Waals surface area contributed by atoms with E-state index >= 15 is 0 Å². The Bertz CT molecular complexity index is 1240. The van der Waals surface area contributed by atoms with Crippen molar-refractivity contribution in [1.82, 2.24) is 9.29 Å². The fraction of sp³-hybridized carbons (Fsp3) is 0.381. The van der Waals surface area contributed by atoms with Crippen LogP contribution in [0.15, 0.2) is 34.7 Å². The number of carbonyl (C=O) groups is 1. The van der Waals surface area contributed by atoms with Gasteiger partial charge in [0.25, 0.3) is 5.91 Å². The Morgan fingerprint density at radius 2 is 2.03 bits per heavy atom. The third-order valence-electron chi connectivity index (χ3n) is 5.62. The van der Waals surface area contributed by atoms with E-state index in [2.05, 4.69) is 17.6 Å². The molecule has 3 aromatic rings. The molecular weight excluding hydrogens is 428 g/mol. The van der Waals surface area contributed by atoms with Crippen molar-refractivity contribution in [2.24, 2.45) is 0 Å². The van der Waals surface area contributed by atoms with Gasteiger partial charge in [-0.3, -0.25) is 4.79 Å². The number of aromatic nitrogens is 1. The van der Waals surface area contributed by atoms with Gasteiger partial charge in [0, 0.05) is 16.5 Å². The van der Waals surface area contributed by atoms with Gasteiger partial charge < -0.3 is 13.7 Å². The molecule has 1 aliphatic carbocycles. The van der Waals surface area contributed by atoms with Crippen molar-refractivity contribution in [2.75, 3.05) is 12.9 Å². The van der Waals surface area contributed by atoms with Crippen LogP contribution in [0.5, 0.6) is 5.75 Å². The van der Waals surface area contributed by atoms with Crippen LogP contribution in [0.2, 0.25) is 5.02 Å². The summed E-state index contributed by atoms with van der Waals surface area (Å²) in [5.74, 6) is 0.153. The number of hydrogen-bond donors (Lipinski definition) is 1. The SMILES string of the molecule is CCS(=O)(=O)NC(=O)c1ccc(Cn2c(C3(C)CC3)cc3cc(OC)c(Cl)cc32)o1. The minimum Gasteiger partial charge on any atom is -0.495 e. The Hall–Kier alpha value is -2.45. The van der Waals surface area contributed by atoms with E-state index < -0.39 is 15.9 Å². The number of amides is 1. The average molecular weight is 451 g/mol. The number of nitrogens with one attached hydrogen (secondary N) is 1. The predicted molar refractivity (Wildman–Crippen MR) is 115 cm³/mol. The van der Waals surface area contributed by atoms with Crippen molar-refractivity contribution in [3.63, 3.8) is 0 Å². The number of rotatable bonds is 7. The molecular formula is C21H23ClN2O5S. The van der Waals surface area contributed by atoms with Crippen LogP contribution in [-0.2, 0) is 22.0 Å². The minimum atomic E-state index is -3.66. The van der Waals surface area contributed by atoms with Crippen LogP contribution in [-0.4, -0.2) is 31.8 Å². The summed E-state index contributed by atoms with van der Waals surface area (Å²) in [6.07, 6.45) is 2.18. The molecule has 1 fully saturated rings. The zero-order valence-electron chi connectivity index (χ0n) is 17.0. The van der Waals surface area contributed by atoms with Crippen molar-refractivity contribution in [2.45, 2.75) is 38.6 Å². The number of hydrogen-bond acceptors (Lipinski definition) is 5. The zero-order valence-corrected chi connectivity index (χ0v) is 18.6. The van der Waals surface area contributed by atoms with E-state index in [0.717, 1.165) is 29.4 Å². The smallest absolute Gasteiger partial charge is 0.300 e. The van der Waals surface area contributed by atoms with Gasteiger partial charge >= 0.3 is 0 Å². The monoisotopic (exact) mass is 450 g/mol. The number of nitrogens with zero attached hydrogens (tertiary/aromatic N) is 1. The molecule has 30 heavy (non-hydrogen) atoms. The summed E-state index contributed by atoms with van der Waals surface area (Å²) in [5, 5.41) is 1.53. The molecule has 9 heteroatoms. The molecule has 1 amide bonds. The molecule has 1 saturated carbocycles. The molecule has 160 valence electrons. The van der Waals surface area contributed by atoms with Gasteiger partial charge in [-0.05, 0) is 50.1 Å². The van der Waals surface area contributed by atoms with Crippen molar-refractivity contribution in [1.29, 1.82) is 0 Å². The predicted octanol–water partition coefficient (Wildman–Crippen LogP) is 4.08. The summed E-state index contributed by atoms with van der Waals surface area (Å²) < 4.78 is 38.4. The Morgan fingerprint density at radius 1 is 1.30 bits per heavy atom. The number of methoxy groups -OCH3 is 1. The van der Waals surface area contributed by atoms with Crippen LogP contribution in [0.1, 0.15) is 48.7 Å². The number of sulfonamides is 1. The zero-order chi connectivity index (χ0) is 21.7. The fourth-order valence-electron chi connectivity index (χ4n) is 3.54. The first-order valence-corrected chi connectivity index (χ1v) is 11.7. The summed E-state index contributed by atoms with van der Waals surface area (Å²) in [7, 11) is -2.07. The van der Waals surface area contributed by atoms with E-state index in [1.165, 1.54) is 13.0 Å². The van der Waals surface area contributed by atoms with E-state index in [1.54, 1.807) is 13.2 Å². The lowest BCUT2D eigenvalue weighted by atomic mass is 10.1.